The normalized spacial score (nSPS) is 13.9. The number of para-hydroxylation sites is 1. The Hall–Kier alpha value is -4.17. The van der Waals surface area contributed by atoms with Crippen LogP contribution in [-0.4, -0.2) is 30.5 Å². The summed E-state index contributed by atoms with van der Waals surface area (Å²) in [7, 11) is 1.50. The highest BCUT2D eigenvalue weighted by Gasteiger charge is 2.25. The summed E-state index contributed by atoms with van der Waals surface area (Å²) >= 11 is 1.68. The Morgan fingerprint density at radius 1 is 1.11 bits per heavy atom. The van der Waals surface area contributed by atoms with Crippen LogP contribution in [0.5, 0.6) is 11.5 Å². The summed E-state index contributed by atoms with van der Waals surface area (Å²) in [6, 6.07) is 16.9. The number of methoxy groups -OCH3 is 1. The third-order valence-electron chi connectivity index (χ3n) is 6.05. The van der Waals surface area contributed by atoms with E-state index >= 15 is 0 Å². The van der Waals surface area contributed by atoms with E-state index < -0.39 is 5.91 Å². The molecule has 0 saturated heterocycles. The summed E-state index contributed by atoms with van der Waals surface area (Å²) in [6.45, 7) is -0.296. The zero-order valence-corrected chi connectivity index (χ0v) is 20.6. The van der Waals surface area contributed by atoms with Crippen molar-refractivity contribution in [2.45, 2.75) is 19.3 Å². The number of anilines is 1. The van der Waals surface area contributed by atoms with Gasteiger partial charge >= 0.3 is 0 Å². The second-order valence-electron chi connectivity index (χ2n) is 8.44. The number of hydrogen-bond acceptors (Lipinski definition) is 6. The maximum atomic E-state index is 13.8. The molecule has 0 spiro atoms. The first kappa shape index (κ1) is 23.6. The highest BCUT2D eigenvalue weighted by molar-refractivity contribution is 7.10. The Kier molecular flexibility index (Phi) is 6.69. The van der Waals surface area contributed by atoms with E-state index in [9.17, 15) is 9.59 Å². The second-order valence-corrected chi connectivity index (χ2v) is 9.42. The number of thiophene rings is 1. The van der Waals surface area contributed by atoms with Crippen LogP contribution < -0.4 is 20.5 Å². The van der Waals surface area contributed by atoms with Crippen LogP contribution in [0, 0.1) is 0 Å². The van der Waals surface area contributed by atoms with Crippen LogP contribution in [0.3, 0.4) is 0 Å². The molecule has 7 nitrogen and oxygen atoms in total. The second kappa shape index (κ2) is 10.2. The molecule has 182 valence electrons. The zero-order chi connectivity index (χ0) is 25.1. The number of carbonyl (C=O) groups excluding carboxylic acids is 2. The minimum atomic E-state index is -0.604. The van der Waals surface area contributed by atoms with Crippen LogP contribution in [0.25, 0.3) is 22.6 Å². The molecule has 0 saturated carbocycles. The first-order valence-electron chi connectivity index (χ1n) is 11.6. The molecule has 0 bridgehead atoms. The van der Waals surface area contributed by atoms with E-state index in [1.165, 1.54) is 12.0 Å². The first-order valence-corrected chi connectivity index (χ1v) is 12.5. The number of rotatable bonds is 7. The summed E-state index contributed by atoms with van der Waals surface area (Å²) < 4.78 is 10.8. The Balaban J connectivity index is 1.56. The van der Waals surface area contributed by atoms with Gasteiger partial charge in [0, 0.05) is 22.0 Å². The minimum Gasteiger partial charge on any atom is -0.493 e. The molecule has 0 fully saturated rings. The molecule has 2 amide bonds. The fraction of sp³-hybridized carbons (Fsp3) is 0.179. The van der Waals surface area contributed by atoms with Crippen LogP contribution >= 0.6 is 11.3 Å². The van der Waals surface area contributed by atoms with Crippen molar-refractivity contribution in [3.05, 3.63) is 81.7 Å². The molecular formula is C28H25N3O4S. The molecule has 5 rings (SSSR count). The SMILES string of the molecule is COc1ccc(NC(=O)c2c3c(nc4ccccc24)/C(=C\c2cccs2)CCC3)cc1OCC(N)=O. The molecule has 2 aromatic carbocycles. The molecule has 0 aliphatic heterocycles. The fourth-order valence-electron chi connectivity index (χ4n) is 4.49. The minimum absolute atomic E-state index is 0.228. The molecule has 0 unspecified atom stereocenters. The monoisotopic (exact) mass is 499 g/mol. The first-order chi connectivity index (χ1) is 17.5. The summed E-state index contributed by atoms with van der Waals surface area (Å²) in [6.07, 6.45) is 4.81. The lowest BCUT2D eigenvalue weighted by atomic mass is 9.86. The third-order valence-corrected chi connectivity index (χ3v) is 6.87. The maximum Gasteiger partial charge on any atom is 0.256 e. The smallest absolute Gasteiger partial charge is 0.256 e. The Morgan fingerprint density at radius 2 is 1.97 bits per heavy atom. The van der Waals surface area contributed by atoms with Crippen LogP contribution in [0.2, 0.25) is 0 Å². The van der Waals surface area contributed by atoms with Crippen molar-refractivity contribution in [3.63, 3.8) is 0 Å². The lowest BCUT2D eigenvalue weighted by Crippen LogP contribution is -2.20. The van der Waals surface area contributed by atoms with Crippen molar-refractivity contribution in [1.82, 2.24) is 4.98 Å². The Labute approximate surface area is 212 Å². The Morgan fingerprint density at radius 3 is 2.75 bits per heavy atom. The largest absolute Gasteiger partial charge is 0.493 e. The molecule has 1 aliphatic rings. The third kappa shape index (κ3) is 4.81. The van der Waals surface area contributed by atoms with Gasteiger partial charge < -0.3 is 20.5 Å². The van der Waals surface area contributed by atoms with Crippen LogP contribution in [0.1, 0.15) is 39.3 Å². The number of amides is 2. The number of fused-ring (bicyclic) bond motifs is 2. The van der Waals surface area contributed by atoms with Gasteiger partial charge in [0.2, 0.25) is 0 Å². The average Bonchev–Trinajstić information content (AvgIpc) is 3.39. The van der Waals surface area contributed by atoms with Gasteiger partial charge in [-0.25, -0.2) is 4.98 Å². The van der Waals surface area contributed by atoms with Crippen molar-refractivity contribution < 1.29 is 19.1 Å². The van der Waals surface area contributed by atoms with Gasteiger partial charge in [-0.15, -0.1) is 11.3 Å². The predicted molar refractivity (Wildman–Crippen MR) is 143 cm³/mol. The van der Waals surface area contributed by atoms with E-state index in [4.69, 9.17) is 20.2 Å². The number of hydrogen-bond donors (Lipinski definition) is 2. The van der Waals surface area contributed by atoms with Crippen LogP contribution in [0.15, 0.2) is 60.0 Å². The van der Waals surface area contributed by atoms with E-state index in [0.717, 1.165) is 47.0 Å². The van der Waals surface area contributed by atoms with Crippen LogP contribution in [-0.2, 0) is 11.2 Å². The van der Waals surface area contributed by atoms with Crippen molar-refractivity contribution in [1.29, 1.82) is 0 Å². The quantitative estimate of drug-likeness (QED) is 0.359. The molecule has 2 aromatic heterocycles. The summed E-state index contributed by atoms with van der Waals surface area (Å²) in [5.41, 5.74) is 10.1. The van der Waals surface area contributed by atoms with Gasteiger partial charge in [-0.1, -0.05) is 24.3 Å². The number of allylic oxidation sites excluding steroid dienone is 1. The molecular weight excluding hydrogens is 474 g/mol. The average molecular weight is 500 g/mol. The molecule has 1 aliphatic carbocycles. The van der Waals surface area contributed by atoms with Crippen molar-refractivity contribution >= 4 is 51.4 Å². The number of primary amides is 1. The standard InChI is InChI=1S/C28H25N3O4S/c1-34-23-12-11-18(15-24(23)35-16-25(29)32)30-28(33)26-20-8-2-3-10-22(20)31-27-17(6-4-9-21(26)27)14-19-7-5-13-36-19/h2-3,5,7-8,10-15H,4,6,9,16H2,1H3,(H2,29,32)(H,30,33)/b17-14-. The Bertz CT molecular complexity index is 1480. The van der Waals surface area contributed by atoms with E-state index in [1.54, 1.807) is 29.5 Å². The van der Waals surface area contributed by atoms with E-state index in [0.29, 0.717) is 22.7 Å². The van der Waals surface area contributed by atoms with E-state index in [1.807, 2.05) is 30.3 Å². The molecule has 36 heavy (non-hydrogen) atoms. The predicted octanol–water partition coefficient (Wildman–Crippen LogP) is 5.30. The lowest BCUT2D eigenvalue weighted by Gasteiger charge is -2.23. The summed E-state index contributed by atoms with van der Waals surface area (Å²) in [5.74, 6) is -0.0812. The molecule has 4 aromatic rings. The van der Waals surface area contributed by atoms with Crippen molar-refractivity contribution in [3.8, 4) is 11.5 Å². The number of nitrogens with two attached hydrogens (primary N) is 1. The maximum absolute atomic E-state index is 13.8. The fourth-order valence-corrected chi connectivity index (χ4v) is 5.17. The highest BCUT2D eigenvalue weighted by atomic mass is 32.1. The van der Waals surface area contributed by atoms with Gasteiger partial charge in [-0.05, 0) is 66.1 Å². The molecule has 8 heteroatoms. The van der Waals surface area contributed by atoms with E-state index in [2.05, 4.69) is 22.8 Å². The zero-order valence-electron chi connectivity index (χ0n) is 19.7. The number of benzene rings is 2. The van der Waals surface area contributed by atoms with Gasteiger partial charge in [-0.3, -0.25) is 9.59 Å². The summed E-state index contributed by atoms with van der Waals surface area (Å²) in [4.78, 5) is 31.1. The topological polar surface area (TPSA) is 104 Å². The summed E-state index contributed by atoms with van der Waals surface area (Å²) in [5, 5.41) is 5.87. The number of nitrogens with zero attached hydrogens (tertiary/aromatic N) is 1. The van der Waals surface area contributed by atoms with E-state index in [-0.39, 0.29) is 12.5 Å². The van der Waals surface area contributed by atoms with Gasteiger partial charge in [0.1, 0.15) is 0 Å². The number of aromatic nitrogens is 1. The van der Waals surface area contributed by atoms with Crippen LogP contribution in [0.4, 0.5) is 5.69 Å². The number of carbonyl (C=O) groups is 2. The van der Waals surface area contributed by atoms with Gasteiger partial charge in [0.25, 0.3) is 11.8 Å². The van der Waals surface area contributed by atoms with Crippen molar-refractivity contribution in [2.24, 2.45) is 5.73 Å². The number of nitrogens with one attached hydrogen (secondary N) is 1. The lowest BCUT2D eigenvalue weighted by molar-refractivity contribution is -0.119. The molecule has 3 N–H and O–H groups in total. The number of pyridine rings is 1. The van der Waals surface area contributed by atoms with Crippen molar-refractivity contribution in [2.75, 3.05) is 19.0 Å². The number of ether oxygens (including phenoxy) is 2. The van der Waals surface area contributed by atoms with Gasteiger partial charge in [-0.2, -0.15) is 0 Å². The highest BCUT2D eigenvalue weighted by Crippen LogP contribution is 2.37. The molecule has 2 heterocycles. The van der Waals surface area contributed by atoms with Gasteiger partial charge in [0.15, 0.2) is 18.1 Å². The molecule has 0 radical (unpaired) electrons. The molecule has 0 atom stereocenters. The van der Waals surface area contributed by atoms with Gasteiger partial charge in [0.05, 0.1) is 23.9 Å².